The Labute approximate surface area is 189 Å². The molecule has 0 fully saturated rings. The Bertz CT molecular complexity index is 1170. The van der Waals surface area contributed by atoms with Crippen LogP contribution in [-0.2, 0) is 11.4 Å². The molecule has 6 nitrogen and oxygen atoms in total. The van der Waals surface area contributed by atoms with Crippen molar-refractivity contribution in [2.45, 2.75) is 25.6 Å². The number of thioether (sulfide) groups is 1. The second-order valence-corrected chi connectivity index (χ2v) is 8.56. The highest BCUT2D eigenvalue weighted by molar-refractivity contribution is 7.99. The number of hydrogen-bond donors (Lipinski definition) is 1. The van der Waals surface area contributed by atoms with Crippen LogP contribution in [0.4, 0.5) is 5.69 Å². The van der Waals surface area contributed by atoms with Crippen LogP contribution in [-0.4, -0.2) is 26.2 Å². The molecule has 8 heteroatoms. The Morgan fingerprint density at radius 2 is 2.03 bits per heavy atom. The van der Waals surface area contributed by atoms with Gasteiger partial charge in [0.2, 0.25) is 5.91 Å². The fraction of sp³-hybridized carbons (Fsp3) is 0.174. The van der Waals surface area contributed by atoms with Crippen LogP contribution in [0.1, 0.15) is 16.8 Å². The fourth-order valence-electron chi connectivity index (χ4n) is 3.05. The van der Waals surface area contributed by atoms with E-state index in [1.165, 1.54) is 34.2 Å². The van der Waals surface area contributed by atoms with Gasteiger partial charge in [-0.1, -0.05) is 36.0 Å². The second-order valence-electron chi connectivity index (χ2n) is 6.90. The van der Waals surface area contributed by atoms with E-state index in [0.29, 0.717) is 18.0 Å². The number of nitrogens with one attached hydrogen (secondary N) is 1. The summed E-state index contributed by atoms with van der Waals surface area (Å²) in [5.41, 5.74) is 6.75. The topological polar surface area (TPSA) is 69.0 Å². The van der Waals surface area contributed by atoms with Gasteiger partial charge in [-0.2, -0.15) is 0 Å². The largest absolute Gasteiger partial charge is 0.485 e. The van der Waals surface area contributed by atoms with E-state index in [4.69, 9.17) is 4.74 Å². The van der Waals surface area contributed by atoms with Crippen LogP contribution in [0, 0.1) is 13.8 Å². The van der Waals surface area contributed by atoms with Crippen molar-refractivity contribution < 1.29 is 9.53 Å². The molecule has 2 aromatic heterocycles. The number of ether oxygens (including phenoxy) is 1. The van der Waals surface area contributed by atoms with Crippen LogP contribution in [0.15, 0.2) is 70.9 Å². The highest BCUT2D eigenvalue weighted by Gasteiger charge is 2.13. The van der Waals surface area contributed by atoms with Gasteiger partial charge in [-0.05, 0) is 43.2 Å². The Morgan fingerprint density at radius 3 is 2.87 bits per heavy atom. The van der Waals surface area contributed by atoms with E-state index >= 15 is 0 Å². The van der Waals surface area contributed by atoms with Crippen molar-refractivity contribution in [1.29, 1.82) is 0 Å². The summed E-state index contributed by atoms with van der Waals surface area (Å²) in [7, 11) is 0. The van der Waals surface area contributed by atoms with E-state index in [0.717, 1.165) is 16.5 Å². The summed E-state index contributed by atoms with van der Waals surface area (Å²) in [5, 5.41) is 5.66. The number of carbonyl (C=O) groups is 1. The normalized spacial score (nSPS) is 10.8. The SMILES string of the molecule is Cc1cccc(-n2ccnc2SCC(=O)Nc2ccccc2OCc2cscn2)c1C. The van der Waals surface area contributed by atoms with Gasteiger partial charge in [0.25, 0.3) is 0 Å². The molecule has 4 rings (SSSR count). The van der Waals surface area contributed by atoms with Crippen LogP contribution in [0.25, 0.3) is 5.69 Å². The van der Waals surface area contributed by atoms with Crippen molar-refractivity contribution in [3.8, 4) is 11.4 Å². The van der Waals surface area contributed by atoms with Crippen LogP contribution in [0.2, 0.25) is 0 Å². The fourth-order valence-corrected chi connectivity index (χ4v) is 4.36. The van der Waals surface area contributed by atoms with Crippen molar-refractivity contribution in [1.82, 2.24) is 14.5 Å². The first kappa shape index (κ1) is 21.1. The lowest BCUT2D eigenvalue weighted by Crippen LogP contribution is -2.15. The maximum Gasteiger partial charge on any atom is 0.234 e. The van der Waals surface area contributed by atoms with Crippen LogP contribution in [0.3, 0.4) is 0 Å². The Hall–Kier alpha value is -3.10. The predicted octanol–water partition coefficient (Wildman–Crippen LogP) is 5.26. The first-order valence-corrected chi connectivity index (χ1v) is 11.7. The van der Waals surface area contributed by atoms with Crippen molar-refractivity contribution in [3.63, 3.8) is 0 Å². The van der Waals surface area contributed by atoms with Gasteiger partial charge in [-0.15, -0.1) is 11.3 Å². The summed E-state index contributed by atoms with van der Waals surface area (Å²) < 4.78 is 7.86. The highest BCUT2D eigenvalue weighted by Crippen LogP contribution is 2.27. The molecule has 1 amide bonds. The Balaban J connectivity index is 1.40. The zero-order valence-corrected chi connectivity index (χ0v) is 18.9. The molecule has 0 unspecified atom stereocenters. The lowest BCUT2D eigenvalue weighted by atomic mass is 10.1. The van der Waals surface area contributed by atoms with E-state index in [-0.39, 0.29) is 11.7 Å². The molecule has 0 radical (unpaired) electrons. The summed E-state index contributed by atoms with van der Waals surface area (Å²) in [6, 6.07) is 13.6. The number of thiazole rings is 1. The molecular formula is C23H22N4O2S2. The quantitative estimate of drug-likeness (QED) is 0.371. The van der Waals surface area contributed by atoms with Gasteiger partial charge in [0.1, 0.15) is 12.4 Å². The Kier molecular flexibility index (Phi) is 6.69. The molecule has 0 aliphatic carbocycles. The highest BCUT2D eigenvalue weighted by atomic mass is 32.2. The number of para-hydroxylation sites is 2. The summed E-state index contributed by atoms with van der Waals surface area (Å²) in [4.78, 5) is 21.3. The number of benzene rings is 2. The third-order valence-corrected chi connectivity index (χ3v) is 6.40. The molecule has 0 atom stereocenters. The minimum absolute atomic E-state index is 0.120. The number of nitrogens with zero attached hydrogens (tertiary/aromatic N) is 3. The van der Waals surface area contributed by atoms with E-state index < -0.39 is 0 Å². The third-order valence-electron chi connectivity index (χ3n) is 4.79. The van der Waals surface area contributed by atoms with Gasteiger partial charge in [0.15, 0.2) is 5.16 Å². The molecule has 0 saturated heterocycles. The molecule has 4 aromatic rings. The number of imidazole rings is 1. The lowest BCUT2D eigenvalue weighted by molar-refractivity contribution is -0.113. The molecule has 0 saturated carbocycles. The average molecular weight is 451 g/mol. The van der Waals surface area contributed by atoms with Gasteiger partial charge in [-0.3, -0.25) is 9.36 Å². The second kappa shape index (κ2) is 9.80. The van der Waals surface area contributed by atoms with Crippen molar-refractivity contribution in [3.05, 3.63) is 82.6 Å². The molecule has 0 spiro atoms. The van der Waals surface area contributed by atoms with Gasteiger partial charge in [0, 0.05) is 17.8 Å². The Morgan fingerprint density at radius 1 is 1.16 bits per heavy atom. The molecule has 0 aliphatic heterocycles. The molecule has 31 heavy (non-hydrogen) atoms. The first-order valence-electron chi connectivity index (χ1n) is 9.73. The maximum absolute atomic E-state index is 12.6. The van der Waals surface area contributed by atoms with E-state index in [1.54, 1.807) is 11.7 Å². The first-order chi connectivity index (χ1) is 15.1. The molecule has 0 bridgehead atoms. The van der Waals surface area contributed by atoms with Gasteiger partial charge in [-0.25, -0.2) is 9.97 Å². The molecule has 158 valence electrons. The summed E-state index contributed by atoms with van der Waals surface area (Å²) >= 11 is 2.92. The smallest absolute Gasteiger partial charge is 0.234 e. The summed E-state index contributed by atoms with van der Waals surface area (Å²) in [5.74, 6) is 0.735. The van der Waals surface area contributed by atoms with Crippen molar-refractivity contribution in [2.24, 2.45) is 0 Å². The zero-order valence-electron chi connectivity index (χ0n) is 17.2. The van der Waals surface area contributed by atoms with Gasteiger partial charge in [0.05, 0.1) is 28.3 Å². The minimum Gasteiger partial charge on any atom is -0.485 e. The summed E-state index contributed by atoms with van der Waals surface area (Å²) in [6.45, 7) is 4.54. The lowest BCUT2D eigenvalue weighted by Gasteiger charge is -2.13. The number of aryl methyl sites for hydroxylation is 1. The molecular weight excluding hydrogens is 428 g/mol. The zero-order chi connectivity index (χ0) is 21.6. The van der Waals surface area contributed by atoms with Gasteiger partial charge >= 0.3 is 0 Å². The third kappa shape index (κ3) is 5.15. The number of amides is 1. The number of rotatable bonds is 8. The van der Waals surface area contributed by atoms with Crippen molar-refractivity contribution >= 4 is 34.7 Å². The van der Waals surface area contributed by atoms with Gasteiger partial charge < -0.3 is 10.1 Å². The standard InChI is InChI=1S/C23H22N4O2S2/c1-16-6-5-8-20(17(16)2)27-11-10-24-23(27)31-14-22(28)26-19-7-3-4-9-21(19)29-12-18-13-30-15-25-18/h3-11,13,15H,12,14H2,1-2H3,(H,26,28). The monoisotopic (exact) mass is 450 g/mol. The molecule has 2 heterocycles. The number of anilines is 1. The van der Waals surface area contributed by atoms with E-state index in [1.807, 2.05) is 46.5 Å². The number of aromatic nitrogens is 3. The van der Waals surface area contributed by atoms with Crippen LogP contribution in [0.5, 0.6) is 5.75 Å². The number of carbonyl (C=O) groups excluding carboxylic acids is 1. The minimum atomic E-state index is -0.120. The van der Waals surface area contributed by atoms with Crippen molar-refractivity contribution in [2.75, 3.05) is 11.1 Å². The number of hydrogen-bond acceptors (Lipinski definition) is 6. The molecule has 1 N–H and O–H groups in total. The summed E-state index contributed by atoms with van der Waals surface area (Å²) in [6.07, 6.45) is 3.67. The molecule has 2 aromatic carbocycles. The van der Waals surface area contributed by atoms with Crippen LogP contribution >= 0.6 is 23.1 Å². The predicted molar refractivity (Wildman–Crippen MR) is 125 cm³/mol. The molecule has 0 aliphatic rings. The van der Waals surface area contributed by atoms with E-state index in [9.17, 15) is 4.79 Å². The van der Waals surface area contributed by atoms with Crippen LogP contribution < -0.4 is 10.1 Å². The average Bonchev–Trinajstić information content (AvgIpc) is 3.45. The maximum atomic E-state index is 12.6. The van der Waals surface area contributed by atoms with E-state index in [2.05, 4.69) is 41.3 Å².